The minimum Gasteiger partial charge on any atom is -0.378 e. The van der Waals surface area contributed by atoms with Crippen LogP contribution in [0.3, 0.4) is 0 Å². The zero-order valence-electron chi connectivity index (χ0n) is 16.2. The molecule has 0 amide bonds. The molecule has 0 aromatic heterocycles. The lowest BCUT2D eigenvalue weighted by Gasteiger charge is -2.13. The average molecular weight is 345 g/mol. The van der Waals surface area contributed by atoms with Gasteiger partial charge in [0.25, 0.3) is 0 Å². The zero-order chi connectivity index (χ0) is 18.5. The Morgan fingerprint density at radius 3 is 0.885 bits per heavy atom. The van der Waals surface area contributed by atoms with Gasteiger partial charge in [-0.25, -0.2) is 0 Å². The van der Waals surface area contributed by atoms with Crippen molar-refractivity contribution in [2.75, 3.05) is 38.0 Å². The quantitative estimate of drug-likeness (QED) is 0.621. The Kier molecular flexibility index (Phi) is 5.62. The average Bonchev–Trinajstić information content (AvgIpc) is 2.64. The minimum absolute atomic E-state index is 0.978. The van der Waals surface area contributed by atoms with Crippen LogP contribution >= 0.6 is 0 Å². The van der Waals surface area contributed by atoms with Gasteiger partial charge >= 0.3 is 0 Å². The molecule has 26 heavy (non-hydrogen) atoms. The van der Waals surface area contributed by atoms with E-state index in [1.165, 1.54) is 33.6 Å². The van der Waals surface area contributed by atoms with E-state index >= 15 is 0 Å². The first-order chi connectivity index (χ1) is 12.5. The first-order valence-electron chi connectivity index (χ1n) is 9.11. The van der Waals surface area contributed by atoms with E-state index < -0.39 is 0 Å². The van der Waals surface area contributed by atoms with Crippen LogP contribution < -0.4 is 9.80 Å². The minimum atomic E-state index is 0.978. The molecule has 0 aliphatic heterocycles. The Morgan fingerprint density at radius 2 is 0.654 bits per heavy atom. The van der Waals surface area contributed by atoms with Gasteiger partial charge in [-0.2, -0.15) is 0 Å². The molecule has 0 spiro atoms. The maximum absolute atomic E-state index is 2.25. The summed E-state index contributed by atoms with van der Waals surface area (Å²) in [7, 11) is 8.28. The summed E-state index contributed by atoms with van der Waals surface area (Å²) in [6.45, 7) is 0. The highest BCUT2D eigenvalue weighted by molar-refractivity contribution is 5.48. The fraction of sp³-hybridized carbons (Fsp3) is 0.250. The molecule has 0 aliphatic carbocycles. The van der Waals surface area contributed by atoms with Crippen molar-refractivity contribution >= 4 is 11.4 Å². The van der Waals surface area contributed by atoms with E-state index in [1.54, 1.807) is 0 Å². The van der Waals surface area contributed by atoms with Crippen molar-refractivity contribution in [1.29, 1.82) is 0 Å². The number of rotatable bonds is 6. The summed E-state index contributed by atoms with van der Waals surface area (Å²) >= 11 is 0. The smallest absolute Gasteiger partial charge is 0.0361 e. The van der Waals surface area contributed by atoms with Crippen LogP contribution in [0.1, 0.15) is 22.3 Å². The number of hydrogen-bond donors (Lipinski definition) is 0. The van der Waals surface area contributed by atoms with Crippen LogP contribution in [0.15, 0.2) is 72.8 Å². The molecule has 0 bridgehead atoms. The lowest BCUT2D eigenvalue weighted by Crippen LogP contribution is -2.08. The molecule has 3 aromatic carbocycles. The normalized spacial score (nSPS) is 10.6. The van der Waals surface area contributed by atoms with E-state index in [0.29, 0.717) is 0 Å². The largest absolute Gasteiger partial charge is 0.378 e. The first kappa shape index (κ1) is 18.1. The molecule has 0 unspecified atom stereocenters. The molecule has 0 N–H and O–H groups in total. The van der Waals surface area contributed by atoms with E-state index in [9.17, 15) is 0 Å². The summed E-state index contributed by atoms with van der Waals surface area (Å²) in [6.07, 6.45) is 1.96. The second kappa shape index (κ2) is 8.09. The molecule has 2 heteroatoms. The predicted octanol–water partition coefficient (Wildman–Crippen LogP) is 5.00. The molecule has 0 saturated heterocycles. The van der Waals surface area contributed by atoms with Gasteiger partial charge in [-0.1, -0.05) is 48.5 Å². The maximum Gasteiger partial charge on any atom is 0.0361 e. The van der Waals surface area contributed by atoms with Gasteiger partial charge in [-0.05, 0) is 59.4 Å². The molecule has 0 atom stereocenters. The third kappa shape index (κ3) is 4.66. The van der Waals surface area contributed by atoms with Crippen molar-refractivity contribution in [3.63, 3.8) is 0 Å². The SMILES string of the molecule is CN(C)c1ccc(Cc2ccc(Cc3ccc(N(C)C)cc3)cc2)cc1. The molecule has 134 valence electrons. The van der Waals surface area contributed by atoms with Crippen LogP contribution in [-0.4, -0.2) is 28.2 Å². The van der Waals surface area contributed by atoms with Crippen molar-refractivity contribution in [3.05, 3.63) is 95.1 Å². The van der Waals surface area contributed by atoms with Gasteiger partial charge in [-0.15, -0.1) is 0 Å². The lowest BCUT2D eigenvalue weighted by atomic mass is 10.00. The number of hydrogen-bond acceptors (Lipinski definition) is 2. The Balaban J connectivity index is 1.62. The summed E-state index contributed by atoms with van der Waals surface area (Å²) < 4.78 is 0. The Bertz CT molecular complexity index is 741. The standard InChI is InChI=1S/C24H28N2/c1-25(2)23-13-9-21(10-14-23)17-19-5-7-20(8-6-19)18-22-11-15-24(16-12-22)26(3)4/h5-16H,17-18H2,1-4H3. The summed E-state index contributed by atoms with van der Waals surface area (Å²) in [5.74, 6) is 0. The monoisotopic (exact) mass is 344 g/mol. The van der Waals surface area contributed by atoms with Gasteiger partial charge < -0.3 is 9.80 Å². The molecule has 3 rings (SSSR count). The number of benzene rings is 3. The molecule has 2 nitrogen and oxygen atoms in total. The second-order valence-corrected chi connectivity index (χ2v) is 7.29. The van der Waals surface area contributed by atoms with Crippen molar-refractivity contribution in [3.8, 4) is 0 Å². The fourth-order valence-electron chi connectivity index (χ4n) is 3.07. The van der Waals surface area contributed by atoms with Crippen molar-refractivity contribution in [1.82, 2.24) is 0 Å². The third-order valence-corrected chi connectivity index (χ3v) is 4.74. The summed E-state index contributed by atoms with van der Waals surface area (Å²) in [5.41, 5.74) is 7.89. The van der Waals surface area contributed by atoms with Gasteiger partial charge in [0.05, 0.1) is 0 Å². The van der Waals surface area contributed by atoms with Crippen molar-refractivity contribution in [2.45, 2.75) is 12.8 Å². The molecule has 0 aliphatic rings. The van der Waals surface area contributed by atoms with Gasteiger partial charge in [0.15, 0.2) is 0 Å². The number of anilines is 2. The van der Waals surface area contributed by atoms with E-state index in [2.05, 4.69) is 111 Å². The highest BCUT2D eigenvalue weighted by Gasteiger charge is 2.01. The molecule has 0 saturated carbocycles. The molecular weight excluding hydrogens is 316 g/mol. The van der Waals surface area contributed by atoms with Crippen LogP contribution in [0.4, 0.5) is 11.4 Å². The third-order valence-electron chi connectivity index (χ3n) is 4.74. The van der Waals surface area contributed by atoms with E-state index in [4.69, 9.17) is 0 Å². The van der Waals surface area contributed by atoms with E-state index in [0.717, 1.165) is 12.8 Å². The molecular formula is C24H28N2. The van der Waals surface area contributed by atoms with E-state index in [1.807, 2.05) is 0 Å². The Labute approximate surface area is 157 Å². The predicted molar refractivity (Wildman–Crippen MR) is 114 cm³/mol. The lowest BCUT2D eigenvalue weighted by molar-refractivity contribution is 1.11. The topological polar surface area (TPSA) is 6.48 Å². The second-order valence-electron chi connectivity index (χ2n) is 7.29. The van der Waals surface area contributed by atoms with Crippen molar-refractivity contribution in [2.24, 2.45) is 0 Å². The van der Waals surface area contributed by atoms with Crippen LogP contribution in [0.25, 0.3) is 0 Å². The van der Waals surface area contributed by atoms with Crippen LogP contribution in [0.5, 0.6) is 0 Å². The zero-order valence-corrected chi connectivity index (χ0v) is 16.2. The van der Waals surface area contributed by atoms with Crippen LogP contribution in [-0.2, 0) is 12.8 Å². The fourth-order valence-corrected chi connectivity index (χ4v) is 3.07. The number of nitrogens with zero attached hydrogens (tertiary/aromatic N) is 2. The maximum atomic E-state index is 2.25. The summed E-state index contributed by atoms with van der Waals surface area (Å²) in [6, 6.07) is 26.6. The Hall–Kier alpha value is -2.74. The van der Waals surface area contributed by atoms with Crippen LogP contribution in [0.2, 0.25) is 0 Å². The van der Waals surface area contributed by atoms with E-state index in [-0.39, 0.29) is 0 Å². The molecule has 3 aromatic rings. The van der Waals surface area contributed by atoms with Gasteiger partial charge in [0, 0.05) is 39.6 Å². The Morgan fingerprint density at radius 1 is 0.423 bits per heavy atom. The highest BCUT2D eigenvalue weighted by Crippen LogP contribution is 2.18. The molecule has 0 radical (unpaired) electrons. The first-order valence-corrected chi connectivity index (χ1v) is 9.11. The molecule has 0 heterocycles. The van der Waals surface area contributed by atoms with Gasteiger partial charge in [0.2, 0.25) is 0 Å². The van der Waals surface area contributed by atoms with Gasteiger partial charge in [0.1, 0.15) is 0 Å². The highest BCUT2D eigenvalue weighted by atomic mass is 15.1. The summed E-state index contributed by atoms with van der Waals surface area (Å²) in [5, 5.41) is 0. The molecule has 0 fully saturated rings. The van der Waals surface area contributed by atoms with Crippen molar-refractivity contribution < 1.29 is 0 Å². The van der Waals surface area contributed by atoms with Gasteiger partial charge in [-0.3, -0.25) is 0 Å². The van der Waals surface area contributed by atoms with Crippen LogP contribution in [0, 0.1) is 0 Å². The summed E-state index contributed by atoms with van der Waals surface area (Å²) in [4.78, 5) is 4.26.